The minimum atomic E-state index is 0.201. The van der Waals surface area contributed by atoms with Crippen molar-refractivity contribution < 1.29 is 4.79 Å². The molecule has 1 aliphatic rings. The van der Waals surface area contributed by atoms with E-state index in [1.165, 1.54) is 16.7 Å². The van der Waals surface area contributed by atoms with Crippen LogP contribution in [-0.4, -0.2) is 5.78 Å². The highest BCUT2D eigenvalue weighted by atomic mass is 16.1. The Labute approximate surface area is 97.9 Å². The maximum Gasteiger partial charge on any atom is 0.166 e. The molecular formula is C15H20O. The Bertz CT molecular complexity index is 429. The molecule has 0 aliphatic heterocycles. The first-order valence-corrected chi connectivity index (χ1v) is 6.19. The lowest BCUT2D eigenvalue weighted by Gasteiger charge is -2.25. The fourth-order valence-electron chi connectivity index (χ4n) is 2.60. The zero-order valence-electron chi connectivity index (χ0n) is 10.6. The minimum Gasteiger partial charge on any atom is -0.294 e. The van der Waals surface area contributed by atoms with Crippen molar-refractivity contribution in [1.82, 2.24) is 0 Å². The molecule has 0 saturated heterocycles. The number of ketones is 1. The molecule has 0 radical (unpaired) electrons. The van der Waals surface area contributed by atoms with Crippen LogP contribution in [0.25, 0.3) is 0 Å². The standard InChI is InChI=1S/C15H20O/c1-9(2)12-7-5-10(3)13-8-6-11(4)15(16)14(12)13/h5,7,9,11H,6,8H2,1-4H3. The van der Waals surface area contributed by atoms with Crippen LogP contribution in [0.5, 0.6) is 0 Å². The highest BCUT2D eigenvalue weighted by Crippen LogP contribution is 2.33. The summed E-state index contributed by atoms with van der Waals surface area (Å²) in [4.78, 5) is 12.3. The van der Waals surface area contributed by atoms with E-state index in [-0.39, 0.29) is 5.92 Å². The van der Waals surface area contributed by atoms with E-state index in [1.54, 1.807) is 0 Å². The first-order valence-electron chi connectivity index (χ1n) is 6.19. The molecule has 16 heavy (non-hydrogen) atoms. The maximum atomic E-state index is 12.3. The van der Waals surface area contributed by atoms with Crippen molar-refractivity contribution in [1.29, 1.82) is 0 Å². The van der Waals surface area contributed by atoms with E-state index in [0.29, 0.717) is 11.7 Å². The average Bonchev–Trinajstić information content (AvgIpc) is 2.23. The molecule has 0 heterocycles. The first kappa shape index (κ1) is 11.4. The van der Waals surface area contributed by atoms with Gasteiger partial charge in [0.1, 0.15) is 0 Å². The van der Waals surface area contributed by atoms with E-state index in [2.05, 4.69) is 39.8 Å². The molecule has 0 fully saturated rings. The lowest BCUT2D eigenvalue weighted by molar-refractivity contribution is 0.0912. The van der Waals surface area contributed by atoms with E-state index < -0.39 is 0 Å². The highest BCUT2D eigenvalue weighted by Gasteiger charge is 2.28. The molecule has 2 rings (SSSR count). The molecule has 1 aliphatic carbocycles. The first-order chi connectivity index (χ1) is 7.52. The van der Waals surface area contributed by atoms with Gasteiger partial charge in [-0.2, -0.15) is 0 Å². The van der Waals surface area contributed by atoms with E-state index in [9.17, 15) is 4.79 Å². The normalized spacial score (nSPS) is 20.1. The summed E-state index contributed by atoms with van der Waals surface area (Å²) in [6.07, 6.45) is 2.07. The van der Waals surface area contributed by atoms with Crippen LogP contribution in [0.3, 0.4) is 0 Å². The third-order valence-corrected chi connectivity index (χ3v) is 3.72. The van der Waals surface area contributed by atoms with E-state index in [0.717, 1.165) is 18.4 Å². The van der Waals surface area contributed by atoms with Gasteiger partial charge in [-0.15, -0.1) is 0 Å². The summed E-state index contributed by atoms with van der Waals surface area (Å²) in [5, 5.41) is 0. The number of benzene rings is 1. The zero-order chi connectivity index (χ0) is 11.9. The molecule has 0 amide bonds. The molecule has 0 saturated carbocycles. The van der Waals surface area contributed by atoms with Crippen LogP contribution in [0.15, 0.2) is 12.1 Å². The largest absolute Gasteiger partial charge is 0.294 e. The number of aryl methyl sites for hydroxylation is 1. The number of rotatable bonds is 1. The molecule has 0 bridgehead atoms. The predicted molar refractivity (Wildman–Crippen MR) is 67.1 cm³/mol. The number of hydrogen-bond donors (Lipinski definition) is 0. The molecule has 1 aromatic carbocycles. The van der Waals surface area contributed by atoms with Gasteiger partial charge in [-0.25, -0.2) is 0 Å². The van der Waals surface area contributed by atoms with Crippen molar-refractivity contribution in [2.45, 2.75) is 46.5 Å². The molecule has 1 heteroatoms. The molecular weight excluding hydrogens is 196 g/mol. The summed E-state index contributed by atoms with van der Waals surface area (Å²) in [6.45, 7) is 8.50. The Balaban J connectivity index is 2.65. The van der Waals surface area contributed by atoms with Crippen LogP contribution >= 0.6 is 0 Å². The Hall–Kier alpha value is -1.11. The average molecular weight is 216 g/mol. The molecule has 0 N–H and O–H groups in total. The van der Waals surface area contributed by atoms with Crippen molar-refractivity contribution in [2.75, 3.05) is 0 Å². The molecule has 1 atom stereocenters. The van der Waals surface area contributed by atoms with Crippen LogP contribution in [0, 0.1) is 12.8 Å². The monoisotopic (exact) mass is 216 g/mol. The van der Waals surface area contributed by atoms with Gasteiger partial charge in [0.2, 0.25) is 0 Å². The third kappa shape index (κ3) is 1.68. The predicted octanol–water partition coefficient (Wildman–Crippen LogP) is 3.88. The van der Waals surface area contributed by atoms with Gasteiger partial charge < -0.3 is 0 Å². The van der Waals surface area contributed by atoms with E-state index in [4.69, 9.17) is 0 Å². The molecule has 86 valence electrons. The third-order valence-electron chi connectivity index (χ3n) is 3.72. The SMILES string of the molecule is Cc1ccc(C(C)C)c2c1CCC(C)C2=O. The summed E-state index contributed by atoms with van der Waals surface area (Å²) in [5.41, 5.74) is 4.85. The molecule has 1 unspecified atom stereocenters. The van der Waals surface area contributed by atoms with Gasteiger partial charge in [-0.3, -0.25) is 4.79 Å². The van der Waals surface area contributed by atoms with Gasteiger partial charge in [0.05, 0.1) is 0 Å². The molecule has 0 spiro atoms. The maximum absolute atomic E-state index is 12.3. The molecule has 1 aromatic rings. The van der Waals surface area contributed by atoms with Crippen LogP contribution in [0.2, 0.25) is 0 Å². The van der Waals surface area contributed by atoms with Crippen LogP contribution in [-0.2, 0) is 6.42 Å². The van der Waals surface area contributed by atoms with Crippen molar-refractivity contribution >= 4 is 5.78 Å². The van der Waals surface area contributed by atoms with Gasteiger partial charge in [0.25, 0.3) is 0 Å². The number of Topliss-reactive ketones (excluding diaryl/α,β-unsaturated/α-hetero) is 1. The van der Waals surface area contributed by atoms with Crippen molar-refractivity contribution in [3.8, 4) is 0 Å². The highest BCUT2D eigenvalue weighted by molar-refractivity contribution is 6.01. The van der Waals surface area contributed by atoms with Crippen LogP contribution in [0.1, 0.15) is 60.2 Å². The van der Waals surface area contributed by atoms with Crippen LogP contribution < -0.4 is 0 Å². The van der Waals surface area contributed by atoms with Crippen molar-refractivity contribution in [3.63, 3.8) is 0 Å². The van der Waals surface area contributed by atoms with Gasteiger partial charge in [-0.1, -0.05) is 32.9 Å². The number of fused-ring (bicyclic) bond motifs is 1. The van der Waals surface area contributed by atoms with Gasteiger partial charge >= 0.3 is 0 Å². The second-order valence-corrected chi connectivity index (χ2v) is 5.28. The van der Waals surface area contributed by atoms with Gasteiger partial charge in [0.15, 0.2) is 5.78 Å². The molecule has 1 nitrogen and oxygen atoms in total. The molecule has 0 aromatic heterocycles. The number of carbonyl (C=O) groups excluding carboxylic acids is 1. The van der Waals surface area contributed by atoms with E-state index in [1.807, 2.05) is 0 Å². The van der Waals surface area contributed by atoms with E-state index >= 15 is 0 Å². The van der Waals surface area contributed by atoms with Crippen molar-refractivity contribution in [2.24, 2.45) is 5.92 Å². The zero-order valence-corrected chi connectivity index (χ0v) is 10.6. The van der Waals surface area contributed by atoms with Gasteiger partial charge in [-0.05, 0) is 42.4 Å². The quantitative estimate of drug-likeness (QED) is 0.696. The van der Waals surface area contributed by atoms with Gasteiger partial charge in [0, 0.05) is 11.5 Å². The second kappa shape index (κ2) is 4.04. The van der Waals surface area contributed by atoms with Crippen molar-refractivity contribution in [3.05, 3.63) is 34.4 Å². The summed E-state index contributed by atoms with van der Waals surface area (Å²) in [6, 6.07) is 4.30. The lowest BCUT2D eigenvalue weighted by Crippen LogP contribution is -2.23. The lowest BCUT2D eigenvalue weighted by atomic mass is 9.77. The summed E-state index contributed by atoms with van der Waals surface area (Å²) >= 11 is 0. The van der Waals surface area contributed by atoms with Crippen LogP contribution in [0.4, 0.5) is 0 Å². The number of hydrogen-bond acceptors (Lipinski definition) is 1. The smallest absolute Gasteiger partial charge is 0.166 e. The topological polar surface area (TPSA) is 17.1 Å². The summed E-state index contributed by atoms with van der Waals surface area (Å²) < 4.78 is 0. The summed E-state index contributed by atoms with van der Waals surface area (Å²) in [7, 11) is 0. The Morgan fingerprint density at radius 3 is 2.62 bits per heavy atom. The summed E-state index contributed by atoms with van der Waals surface area (Å²) in [5.74, 6) is 0.990. The Morgan fingerprint density at radius 1 is 1.31 bits per heavy atom. The minimum absolute atomic E-state index is 0.201. The fraction of sp³-hybridized carbons (Fsp3) is 0.533. The Morgan fingerprint density at radius 2 is 2.00 bits per heavy atom. The Kier molecular flexibility index (Phi) is 2.88. The second-order valence-electron chi connectivity index (χ2n) is 5.28. The fourth-order valence-corrected chi connectivity index (χ4v) is 2.60. The number of carbonyl (C=O) groups is 1.